The largest absolute Gasteiger partial charge is 0.478 e. The maximum absolute atomic E-state index is 12.2. The second kappa shape index (κ2) is 14.3. The van der Waals surface area contributed by atoms with Gasteiger partial charge >= 0.3 is 23.9 Å². The second-order valence-electron chi connectivity index (χ2n) is 13.0. The number of carbonyl (C=O) groups is 4. The fourth-order valence-electron chi connectivity index (χ4n) is 7.67. The molecule has 6 aromatic rings. The van der Waals surface area contributed by atoms with E-state index in [1.165, 1.54) is 36.4 Å². The normalized spacial score (nSPS) is 12.3. The second-order valence-corrected chi connectivity index (χ2v) is 13.0. The molecule has 0 aliphatic heterocycles. The van der Waals surface area contributed by atoms with Gasteiger partial charge in [-0.2, -0.15) is 0 Å². The number of aryl methyl sites for hydroxylation is 2. The van der Waals surface area contributed by atoms with E-state index in [1.807, 2.05) is 62.4 Å². The Balaban J connectivity index is 1.42. The first kappa shape index (κ1) is 36.2. The number of hydrogen-bond donors (Lipinski definition) is 4. The van der Waals surface area contributed by atoms with Crippen molar-refractivity contribution in [3.63, 3.8) is 0 Å². The monoisotopic (exact) mass is 734 g/mol. The smallest absolute Gasteiger partial charge is 0.340 e. The SMILES string of the molecule is CCc1cc(C2(c3ccc(Oc4cccc(C(=O)O)c4C(=O)O)c(CC)c3)c3ccccc3-c3ccccc32)ccc1Oc1cccc(C(=O)O)c1C(=O)O. The van der Waals surface area contributed by atoms with Crippen molar-refractivity contribution in [2.45, 2.75) is 32.1 Å². The van der Waals surface area contributed by atoms with E-state index in [0.717, 1.165) is 44.5 Å². The summed E-state index contributed by atoms with van der Waals surface area (Å²) in [5.41, 5.74) is 4.89. The number of carboxylic acids is 4. The van der Waals surface area contributed by atoms with Crippen LogP contribution in [0.25, 0.3) is 11.1 Å². The number of aromatic carboxylic acids is 4. The third kappa shape index (κ3) is 6.03. The highest BCUT2D eigenvalue weighted by molar-refractivity contribution is 6.04. The van der Waals surface area contributed by atoms with Crippen LogP contribution in [-0.2, 0) is 18.3 Å². The summed E-state index contributed by atoms with van der Waals surface area (Å²) in [6.45, 7) is 3.90. The van der Waals surface area contributed by atoms with Crippen LogP contribution in [0.1, 0.15) is 88.7 Å². The first-order valence-corrected chi connectivity index (χ1v) is 17.5. The van der Waals surface area contributed by atoms with E-state index < -0.39 is 40.4 Å². The predicted octanol–water partition coefficient (Wildman–Crippen LogP) is 9.55. The summed E-state index contributed by atoms with van der Waals surface area (Å²) in [6, 6.07) is 36.0. The average molecular weight is 735 g/mol. The molecule has 0 unspecified atom stereocenters. The van der Waals surface area contributed by atoms with Crippen molar-refractivity contribution in [3.8, 4) is 34.1 Å². The third-order valence-corrected chi connectivity index (χ3v) is 10.1. The molecule has 0 radical (unpaired) electrons. The molecule has 0 fully saturated rings. The molecule has 0 saturated heterocycles. The van der Waals surface area contributed by atoms with Gasteiger partial charge in [0, 0.05) is 0 Å². The van der Waals surface area contributed by atoms with Gasteiger partial charge in [-0.25, -0.2) is 19.2 Å². The average Bonchev–Trinajstić information content (AvgIpc) is 3.48. The Morgan fingerprint density at radius 2 is 0.873 bits per heavy atom. The molecule has 7 rings (SSSR count). The fourth-order valence-corrected chi connectivity index (χ4v) is 7.67. The van der Waals surface area contributed by atoms with Crippen molar-refractivity contribution in [3.05, 3.63) is 177 Å². The van der Waals surface area contributed by atoms with E-state index >= 15 is 0 Å². The molecular formula is C45H34O10. The highest BCUT2D eigenvalue weighted by Crippen LogP contribution is 2.57. The van der Waals surface area contributed by atoms with Crippen molar-refractivity contribution in [2.24, 2.45) is 0 Å². The summed E-state index contributed by atoms with van der Waals surface area (Å²) in [7, 11) is 0. The minimum atomic E-state index is -1.42. The lowest BCUT2D eigenvalue weighted by Crippen LogP contribution is -2.29. The van der Waals surface area contributed by atoms with E-state index in [9.17, 15) is 39.6 Å². The van der Waals surface area contributed by atoms with Gasteiger partial charge < -0.3 is 29.9 Å². The van der Waals surface area contributed by atoms with Gasteiger partial charge in [-0.1, -0.05) is 98.8 Å². The van der Waals surface area contributed by atoms with Crippen LogP contribution in [-0.4, -0.2) is 44.3 Å². The molecule has 0 spiro atoms. The molecule has 0 bridgehead atoms. The van der Waals surface area contributed by atoms with Crippen LogP contribution in [0.3, 0.4) is 0 Å². The quantitative estimate of drug-likeness (QED) is 0.0949. The van der Waals surface area contributed by atoms with E-state index in [4.69, 9.17) is 9.47 Å². The summed E-state index contributed by atoms with van der Waals surface area (Å²) >= 11 is 0. The van der Waals surface area contributed by atoms with Gasteiger partial charge in [0.25, 0.3) is 0 Å². The van der Waals surface area contributed by atoms with Crippen LogP contribution < -0.4 is 9.47 Å². The molecule has 0 aromatic heterocycles. The number of hydrogen-bond acceptors (Lipinski definition) is 6. The maximum atomic E-state index is 12.2. The van der Waals surface area contributed by atoms with Gasteiger partial charge in [-0.3, -0.25) is 0 Å². The topological polar surface area (TPSA) is 168 Å². The maximum Gasteiger partial charge on any atom is 0.340 e. The number of carboxylic acid groups (broad SMARTS) is 4. The molecule has 4 N–H and O–H groups in total. The Kier molecular flexibility index (Phi) is 9.42. The van der Waals surface area contributed by atoms with Crippen LogP contribution in [0.4, 0.5) is 0 Å². The molecule has 10 heteroatoms. The summed E-state index contributed by atoms with van der Waals surface area (Å²) in [5, 5.41) is 39.3. The number of fused-ring (bicyclic) bond motifs is 3. The molecule has 10 nitrogen and oxygen atoms in total. The van der Waals surface area contributed by atoms with Gasteiger partial charge in [0.2, 0.25) is 0 Å². The minimum Gasteiger partial charge on any atom is -0.478 e. The summed E-state index contributed by atoms with van der Waals surface area (Å²) in [6.07, 6.45) is 0.996. The first-order chi connectivity index (χ1) is 26.5. The minimum absolute atomic E-state index is 0.0933. The molecule has 1 aliphatic rings. The van der Waals surface area contributed by atoms with E-state index in [1.54, 1.807) is 12.1 Å². The highest BCUT2D eigenvalue weighted by atomic mass is 16.5. The van der Waals surface area contributed by atoms with Crippen molar-refractivity contribution in [1.29, 1.82) is 0 Å². The summed E-state index contributed by atoms with van der Waals surface area (Å²) in [5.74, 6) is -5.04. The van der Waals surface area contributed by atoms with Gasteiger partial charge in [-0.05, 0) is 93.7 Å². The molecule has 6 aromatic carbocycles. The zero-order chi connectivity index (χ0) is 39.0. The first-order valence-electron chi connectivity index (χ1n) is 17.5. The molecule has 274 valence electrons. The van der Waals surface area contributed by atoms with Crippen LogP contribution in [0.15, 0.2) is 121 Å². The zero-order valence-corrected chi connectivity index (χ0v) is 29.7. The standard InChI is InChI=1S/C45H34O10/c1-3-25-23-27(19-21-35(25)54-37-17-9-13-31(41(46)47)39(37)43(50)51)45(33-15-7-5-11-29(33)30-12-6-8-16-34(30)45)28-20-22-36(26(4-2)24-28)55-38-18-10-14-32(42(48)49)40(38)44(52)53/h5-24H,3-4H2,1-2H3,(H,46,47)(H,48,49)(H,50,51)(H,52,53). The number of benzene rings is 6. The van der Waals surface area contributed by atoms with E-state index in [0.29, 0.717) is 24.3 Å². The van der Waals surface area contributed by atoms with Gasteiger partial charge in [0.05, 0.1) is 16.5 Å². The van der Waals surface area contributed by atoms with E-state index in [2.05, 4.69) is 24.3 Å². The Labute approximate surface area is 315 Å². The molecule has 0 saturated carbocycles. The Bertz CT molecular complexity index is 2370. The number of ether oxygens (including phenoxy) is 2. The molecule has 0 atom stereocenters. The van der Waals surface area contributed by atoms with Crippen molar-refractivity contribution in [1.82, 2.24) is 0 Å². The fraction of sp³-hybridized carbons (Fsp3) is 0.111. The lowest BCUT2D eigenvalue weighted by Gasteiger charge is -2.35. The zero-order valence-electron chi connectivity index (χ0n) is 29.7. The van der Waals surface area contributed by atoms with Crippen LogP contribution in [0, 0.1) is 0 Å². The van der Waals surface area contributed by atoms with Gasteiger partial charge in [-0.15, -0.1) is 0 Å². The van der Waals surface area contributed by atoms with Crippen molar-refractivity contribution < 1.29 is 49.1 Å². The molecule has 0 amide bonds. The Morgan fingerprint density at radius 1 is 0.473 bits per heavy atom. The lowest BCUT2D eigenvalue weighted by atomic mass is 9.67. The molecule has 55 heavy (non-hydrogen) atoms. The molecular weight excluding hydrogens is 700 g/mol. The van der Waals surface area contributed by atoms with Crippen LogP contribution >= 0.6 is 0 Å². The Hall–Kier alpha value is -7.20. The molecule has 0 heterocycles. The lowest BCUT2D eigenvalue weighted by molar-refractivity contribution is 0.0649. The van der Waals surface area contributed by atoms with Crippen LogP contribution in [0.5, 0.6) is 23.0 Å². The predicted molar refractivity (Wildman–Crippen MR) is 203 cm³/mol. The molecule has 1 aliphatic carbocycles. The van der Waals surface area contributed by atoms with Crippen LogP contribution in [0.2, 0.25) is 0 Å². The van der Waals surface area contributed by atoms with Gasteiger partial charge in [0.15, 0.2) is 0 Å². The summed E-state index contributed by atoms with van der Waals surface area (Å²) < 4.78 is 12.4. The number of rotatable bonds is 12. The Morgan fingerprint density at radius 3 is 1.24 bits per heavy atom. The van der Waals surface area contributed by atoms with Crippen molar-refractivity contribution in [2.75, 3.05) is 0 Å². The third-order valence-electron chi connectivity index (χ3n) is 10.1. The van der Waals surface area contributed by atoms with Crippen molar-refractivity contribution >= 4 is 23.9 Å². The van der Waals surface area contributed by atoms with E-state index in [-0.39, 0.29) is 22.6 Å². The highest BCUT2D eigenvalue weighted by Gasteiger charge is 2.46. The summed E-state index contributed by atoms with van der Waals surface area (Å²) in [4.78, 5) is 48.2. The van der Waals surface area contributed by atoms with Gasteiger partial charge in [0.1, 0.15) is 34.1 Å².